The summed E-state index contributed by atoms with van der Waals surface area (Å²) < 4.78 is 0. The van der Waals surface area contributed by atoms with E-state index >= 15 is 0 Å². The molecular formula is C15H19Cl2N3O2. The Balaban J connectivity index is 0.00000176. The van der Waals surface area contributed by atoms with Crippen molar-refractivity contribution in [1.29, 1.82) is 0 Å². The Labute approximate surface area is 140 Å². The lowest BCUT2D eigenvalue weighted by Gasteiger charge is -2.18. The molecule has 0 saturated carbocycles. The Hall–Kier alpha value is -1.30. The molecule has 0 aromatic heterocycles. The van der Waals surface area contributed by atoms with E-state index in [4.69, 9.17) is 11.6 Å². The van der Waals surface area contributed by atoms with Gasteiger partial charge in [-0.25, -0.2) is 0 Å². The molecule has 2 saturated heterocycles. The van der Waals surface area contributed by atoms with E-state index in [1.54, 1.807) is 17.0 Å². The maximum atomic E-state index is 12.4. The van der Waals surface area contributed by atoms with E-state index < -0.39 is 6.04 Å². The highest BCUT2D eigenvalue weighted by atomic mass is 35.5. The summed E-state index contributed by atoms with van der Waals surface area (Å²) in [6, 6.07) is 6.80. The van der Waals surface area contributed by atoms with Crippen LogP contribution in [0.15, 0.2) is 24.3 Å². The van der Waals surface area contributed by atoms with Crippen molar-refractivity contribution in [3.8, 4) is 0 Å². The van der Waals surface area contributed by atoms with E-state index in [0.717, 1.165) is 18.7 Å². The van der Waals surface area contributed by atoms with E-state index in [1.165, 1.54) is 0 Å². The first kappa shape index (κ1) is 17.1. The van der Waals surface area contributed by atoms with Crippen molar-refractivity contribution in [2.75, 3.05) is 24.5 Å². The van der Waals surface area contributed by atoms with Crippen LogP contribution in [0.1, 0.15) is 12.8 Å². The van der Waals surface area contributed by atoms with Gasteiger partial charge in [0.2, 0.25) is 11.8 Å². The minimum atomic E-state index is -0.419. The predicted octanol–water partition coefficient (Wildman–Crippen LogP) is 1.59. The van der Waals surface area contributed by atoms with Crippen LogP contribution in [0.5, 0.6) is 0 Å². The zero-order valence-corrected chi connectivity index (χ0v) is 13.6. The summed E-state index contributed by atoms with van der Waals surface area (Å²) in [4.78, 5) is 26.2. The molecule has 5 nitrogen and oxygen atoms in total. The van der Waals surface area contributed by atoms with Crippen LogP contribution in [0.25, 0.3) is 0 Å². The first-order chi connectivity index (χ1) is 10.1. The Morgan fingerprint density at radius 2 is 2.18 bits per heavy atom. The third-order valence-corrected chi connectivity index (χ3v) is 4.31. The van der Waals surface area contributed by atoms with Gasteiger partial charge in [-0.15, -0.1) is 12.4 Å². The van der Waals surface area contributed by atoms with Crippen molar-refractivity contribution < 1.29 is 9.59 Å². The van der Waals surface area contributed by atoms with Crippen LogP contribution in [0.3, 0.4) is 0 Å². The molecule has 22 heavy (non-hydrogen) atoms. The second kappa shape index (κ2) is 7.31. The Bertz CT molecular complexity index is 561. The predicted molar refractivity (Wildman–Crippen MR) is 88.6 cm³/mol. The molecule has 7 heteroatoms. The number of hydrogen-bond donors (Lipinski definition) is 2. The fourth-order valence-electron chi connectivity index (χ4n) is 2.88. The van der Waals surface area contributed by atoms with Crippen LogP contribution in [0.4, 0.5) is 5.69 Å². The van der Waals surface area contributed by atoms with E-state index in [-0.39, 0.29) is 30.1 Å². The van der Waals surface area contributed by atoms with E-state index in [0.29, 0.717) is 24.5 Å². The zero-order valence-electron chi connectivity index (χ0n) is 12.0. The van der Waals surface area contributed by atoms with Gasteiger partial charge in [0, 0.05) is 23.8 Å². The number of hydrogen-bond acceptors (Lipinski definition) is 3. The highest BCUT2D eigenvalue weighted by Crippen LogP contribution is 2.24. The van der Waals surface area contributed by atoms with Gasteiger partial charge in [-0.3, -0.25) is 9.59 Å². The molecule has 2 unspecified atom stereocenters. The maximum Gasteiger partial charge on any atom is 0.249 e. The Kier molecular flexibility index (Phi) is 5.67. The molecule has 2 aliphatic heterocycles. The highest BCUT2D eigenvalue weighted by molar-refractivity contribution is 6.31. The number of rotatable bonds is 3. The zero-order chi connectivity index (χ0) is 14.8. The standard InChI is InChI=1S/C15H18ClN3O2.ClH/c16-11-2-1-3-12(8-11)19-7-5-13(15(19)21)18-14(20)10-4-6-17-9-10;/h1-3,8,10,13,17H,4-7,9H2,(H,18,20);1H. The van der Waals surface area contributed by atoms with Crippen molar-refractivity contribution in [2.45, 2.75) is 18.9 Å². The molecule has 2 atom stereocenters. The number of halogens is 2. The molecule has 0 radical (unpaired) electrons. The van der Waals surface area contributed by atoms with Crippen LogP contribution in [0, 0.1) is 5.92 Å². The summed E-state index contributed by atoms with van der Waals surface area (Å²) in [6.07, 6.45) is 1.47. The van der Waals surface area contributed by atoms with Crippen molar-refractivity contribution >= 4 is 41.5 Å². The van der Waals surface area contributed by atoms with Crippen LogP contribution < -0.4 is 15.5 Å². The van der Waals surface area contributed by atoms with Gasteiger partial charge in [-0.1, -0.05) is 17.7 Å². The summed E-state index contributed by atoms with van der Waals surface area (Å²) in [6.45, 7) is 2.17. The van der Waals surface area contributed by atoms with Gasteiger partial charge < -0.3 is 15.5 Å². The summed E-state index contributed by atoms with van der Waals surface area (Å²) in [5, 5.41) is 6.64. The van der Waals surface area contributed by atoms with Gasteiger partial charge in [0.05, 0.1) is 5.92 Å². The quantitative estimate of drug-likeness (QED) is 0.876. The second-order valence-corrected chi connectivity index (χ2v) is 5.95. The minimum absolute atomic E-state index is 0. The third-order valence-electron chi connectivity index (χ3n) is 4.07. The molecule has 2 amide bonds. The molecule has 1 aromatic carbocycles. The monoisotopic (exact) mass is 343 g/mol. The SMILES string of the molecule is Cl.O=C(NC1CCN(c2cccc(Cl)c2)C1=O)C1CCNC1. The fraction of sp³-hybridized carbons (Fsp3) is 0.467. The molecular weight excluding hydrogens is 325 g/mol. The van der Waals surface area contributed by atoms with Crippen LogP contribution in [-0.4, -0.2) is 37.5 Å². The lowest BCUT2D eigenvalue weighted by atomic mass is 10.1. The van der Waals surface area contributed by atoms with Gasteiger partial charge in [0.25, 0.3) is 0 Å². The molecule has 3 rings (SSSR count). The molecule has 2 aliphatic rings. The Morgan fingerprint density at radius 1 is 1.36 bits per heavy atom. The molecule has 2 fully saturated rings. The largest absolute Gasteiger partial charge is 0.344 e. The van der Waals surface area contributed by atoms with E-state index in [9.17, 15) is 9.59 Å². The van der Waals surface area contributed by atoms with Crippen molar-refractivity contribution in [3.05, 3.63) is 29.3 Å². The van der Waals surface area contributed by atoms with Gasteiger partial charge in [0.1, 0.15) is 6.04 Å². The average Bonchev–Trinajstić information content (AvgIpc) is 3.10. The number of nitrogens with zero attached hydrogens (tertiary/aromatic N) is 1. The van der Waals surface area contributed by atoms with Crippen LogP contribution in [0.2, 0.25) is 5.02 Å². The molecule has 2 N–H and O–H groups in total. The lowest BCUT2D eigenvalue weighted by Crippen LogP contribution is -2.44. The molecule has 2 heterocycles. The summed E-state index contributed by atoms with van der Waals surface area (Å²) in [7, 11) is 0. The number of anilines is 1. The molecule has 0 spiro atoms. The number of carbonyl (C=O) groups excluding carboxylic acids is 2. The molecule has 0 aliphatic carbocycles. The topological polar surface area (TPSA) is 61.4 Å². The fourth-order valence-corrected chi connectivity index (χ4v) is 3.07. The highest BCUT2D eigenvalue weighted by Gasteiger charge is 2.35. The van der Waals surface area contributed by atoms with Crippen LogP contribution in [-0.2, 0) is 9.59 Å². The van der Waals surface area contributed by atoms with Crippen molar-refractivity contribution in [1.82, 2.24) is 10.6 Å². The van der Waals surface area contributed by atoms with Gasteiger partial charge in [-0.2, -0.15) is 0 Å². The Morgan fingerprint density at radius 3 is 2.86 bits per heavy atom. The van der Waals surface area contributed by atoms with Gasteiger partial charge >= 0.3 is 0 Å². The van der Waals surface area contributed by atoms with E-state index in [2.05, 4.69) is 10.6 Å². The normalized spacial score (nSPS) is 24.2. The second-order valence-electron chi connectivity index (χ2n) is 5.51. The third kappa shape index (κ3) is 3.54. The summed E-state index contributed by atoms with van der Waals surface area (Å²) in [5.41, 5.74) is 0.784. The molecule has 1 aromatic rings. The minimum Gasteiger partial charge on any atom is -0.344 e. The summed E-state index contributed by atoms with van der Waals surface area (Å²) in [5.74, 6) is -0.0964. The average molecular weight is 344 g/mol. The van der Waals surface area contributed by atoms with E-state index in [1.807, 2.05) is 12.1 Å². The first-order valence-electron chi connectivity index (χ1n) is 7.23. The van der Waals surface area contributed by atoms with Gasteiger partial charge in [-0.05, 0) is 37.6 Å². The number of carbonyl (C=O) groups is 2. The first-order valence-corrected chi connectivity index (χ1v) is 7.61. The molecule has 120 valence electrons. The summed E-state index contributed by atoms with van der Waals surface area (Å²) >= 11 is 5.96. The lowest BCUT2D eigenvalue weighted by molar-refractivity contribution is -0.128. The number of amides is 2. The van der Waals surface area contributed by atoms with Crippen LogP contribution >= 0.6 is 24.0 Å². The van der Waals surface area contributed by atoms with Crippen molar-refractivity contribution in [2.24, 2.45) is 5.92 Å². The maximum absolute atomic E-state index is 12.4. The van der Waals surface area contributed by atoms with Crippen molar-refractivity contribution in [3.63, 3.8) is 0 Å². The number of benzene rings is 1. The molecule has 0 bridgehead atoms. The smallest absolute Gasteiger partial charge is 0.249 e. The number of nitrogens with one attached hydrogen (secondary N) is 2. The van der Waals surface area contributed by atoms with Gasteiger partial charge in [0.15, 0.2) is 0 Å².